The topological polar surface area (TPSA) is 60.8 Å². The zero-order valence-corrected chi connectivity index (χ0v) is 6.11. The highest BCUT2D eigenvalue weighted by Gasteiger charge is 2.15. The Kier molecular flexibility index (Phi) is 1.85. The minimum atomic E-state index is -1.09. The van der Waals surface area contributed by atoms with E-state index in [1.807, 2.05) is 0 Å². The number of carboxylic acid groups (broad SMARTS) is 1. The van der Waals surface area contributed by atoms with Crippen molar-refractivity contribution >= 4 is 5.97 Å². The molecule has 1 aliphatic rings. The lowest BCUT2D eigenvalue weighted by Crippen LogP contribution is -2.21. The molecule has 1 heterocycles. The average Bonchev–Trinajstić information content (AvgIpc) is 1.85. The number of nitrogens with zero attached hydrogens (tertiary/aromatic N) is 1. The Morgan fingerprint density at radius 1 is 1.73 bits per heavy atom. The lowest BCUT2D eigenvalue weighted by atomic mass is 10.2. The third-order valence-electron chi connectivity index (χ3n) is 1.44. The zero-order valence-electron chi connectivity index (χ0n) is 6.11. The van der Waals surface area contributed by atoms with Crippen LogP contribution in [-0.2, 0) is 4.79 Å². The second kappa shape index (κ2) is 2.65. The van der Waals surface area contributed by atoms with E-state index in [1.54, 1.807) is 18.1 Å². The Morgan fingerprint density at radius 2 is 2.36 bits per heavy atom. The van der Waals surface area contributed by atoms with Gasteiger partial charge in [0.15, 0.2) is 0 Å². The van der Waals surface area contributed by atoms with Gasteiger partial charge < -0.3 is 15.1 Å². The van der Waals surface area contributed by atoms with Gasteiger partial charge in [-0.3, -0.25) is 0 Å². The van der Waals surface area contributed by atoms with Crippen molar-refractivity contribution in [1.82, 2.24) is 4.90 Å². The molecule has 0 aromatic carbocycles. The molecule has 0 aromatic heterocycles. The molecule has 1 aliphatic heterocycles. The summed E-state index contributed by atoms with van der Waals surface area (Å²) in [6, 6.07) is 0. The van der Waals surface area contributed by atoms with Gasteiger partial charge in [-0.25, -0.2) is 4.79 Å². The molecule has 0 saturated heterocycles. The number of hydrogen-bond acceptors (Lipinski definition) is 3. The van der Waals surface area contributed by atoms with E-state index in [-0.39, 0.29) is 17.9 Å². The Labute approximate surface area is 64.1 Å². The Balaban J connectivity index is 2.88. The van der Waals surface area contributed by atoms with E-state index < -0.39 is 5.97 Å². The lowest BCUT2D eigenvalue weighted by Gasteiger charge is -2.18. The quantitative estimate of drug-likeness (QED) is 0.573. The summed E-state index contributed by atoms with van der Waals surface area (Å²) in [6.07, 6.45) is 2.99. The fourth-order valence-electron chi connectivity index (χ4n) is 0.867. The Morgan fingerprint density at radius 3 is 2.82 bits per heavy atom. The van der Waals surface area contributed by atoms with E-state index >= 15 is 0 Å². The maximum Gasteiger partial charge on any atom is 0.339 e. The minimum Gasteiger partial charge on any atom is -0.510 e. The minimum absolute atomic E-state index is 0.0249. The van der Waals surface area contributed by atoms with Gasteiger partial charge in [-0.15, -0.1) is 0 Å². The van der Waals surface area contributed by atoms with Crippen LogP contribution in [0.4, 0.5) is 0 Å². The van der Waals surface area contributed by atoms with Crippen LogP contribution in [-0.4, -0.2) is 34.7 Å². The van der Waals surface area contributed by atoms with Crippen molar-refractivity contribution < 1.29 is 15.0 Å². The summed E-state index contributed by atoms with van der Waals surface area (Å²) in [5, 5.41) is 17.6. The van der Waals surface area contributed by atoms with Crippen molar-refractivity contribution in [2.24, 2.45) is 0 Å². The third-order valence-corrected chi connectivity index (χ3v) is 1.44. The average molecular weight is 155 g/mol. The van der Waals surface area contributed by atoms with Crippen LogP contribution in [0.3, 0.4) is 0 Å². The first-order chi connectivity index (χ1) is 5.11. The first-order valence-electron chi connectivity index (χ1n) is 3.15. The van der Waals surface area contributed by atoms with E-state index in [0.717, 1.165) is 0 Å². The molecule has 2 N–H and O–H groups in total. The van der Waals surface area contributed by atoms with Crippen molar-refractivity contribution in [1.29, 1.82) is 0 Å². The Bertz CT molecular complexity index is 242. The molecule has 0 aliphatic carbocycles. The monoisotopic (exact) mass is 155 g/mol. The van der Waals surface area contributed by atoms with Crippen LogP contribution in [0, 0.1) is 0 Å². The van der Waals surface area contributed by atoms with Gasteiger partial charge in [0.2, 0.25) is 0 Å². The molecule has 1 rings (SSSR count). The zero-order chi connectivity index (χ0) is 8.43. The van der Waals surface area contributed by atoms with Crippen molar-refractivity contribution in [3.05, 3.63) is 23.6 Å². The normalized spacial score (nSPS) is 17.4. The van der Waals surface area contributed by atoms with Crippen molar-refractivity contribution in [3.63, 3.8) is 0 Å². The molecule has 0 unspecified atom stereocenters. The lowest BCUT2D eigenvalue weighted by molar-refractivity contribution is -0.132. The molecule has 0 bridgehead atoms. The maximum atomic E-state index is 10.4. The number of carboxylic acids is 1. The van der Waals surface area contributed by atoms with E-state index in [2.05, 4.69) is 0 Å². The molecule has 0 fully saturated rings. The molecule has 0 aromatic rings. The highest BCUT2D eigenvalue weighted by atomic mass is 16.4. The van der Waals surface area contributed by atoms with Crippen LogP contribution in [0.5, 0.6) is 0 Å². The molecule has 0 spiro atoms. The summed E-state index contributed by atoms with van der Waals surface area (Å²) in [5.41, 5.74) is -0.0249. The predicted molar refractivity (Wildman–Crippen MR) is 39.1 cm³/mol. The summed E-state index contributed by atoms with van der Waals surface area (Å²) in [5.74, 6) is -1.19. The fraction of sp³-hybridized carbons (Fsp3) is 0.286. The van der Waals surface area contributed by atoms with Crippen LogP contribution < -0.4 is 0 Å². The second-order valence-corrected chi connectivity index (χ2v) is 2.40. The van der Waals surface area contributed by atoms with E-state index in [1.165, 1.54) is 6.08 Å². The van der Waals surface area contributed by atoms with Gasteiger partial charge in [0, 0.05) is 13.2 Å². The molecule has 0 saturated carbocycles. The summed E-state index contributed by atoms with van der Waals surface area (Å²) >= 11 is 0. The van der Waals surface area contributed by atoms with E-state index in [0.29, 0.717) is 0 Å². The standard InChI is InChI=1S/C7H9NO3/c1-8-3-2-5(7(10)11)6(9)4-8/h2-3,9H,4H2,1H3,(H,10,11). The summed E-state index contributed by atoms with van der Waals surface area (Å²) in [7, 11) is 1.76. The molecule has 0 atom stereocenters. The summed E-state index contributed by atoms with van der Waals surface area (Å²) in [4.78, 5) is 12.1. The number of hydrogen-bond donors (Lipinski definition) is 2. The molecule has 4 heteroatoms. The summed E-state index contributed by atoms with van der Waals surface area (Å²) < 4.78 is 0. The highest BCUT2D eigenvalue weighted by Crippen LogP contribution is 2.10. The van der Waals surface area contributed by atoms with Crippen molar-refractivity contribution in [2.75, 3.05) is 13.6 Å². The van der Waals surface area contributed by atoms with Crippen LogP contribution >= 0.6 is 0 Å². The highest BCUT2D eigenvalue weighted by molar-refractivity contribution is 5.90. The molecule has 60 valence electrons. The predicted octanol–water partition coefficient (Wildman–Crippen LogP) is 0.342. The van der Waals surface area contributed by atoms with Crippen molar-refractivity contribution in [3.8, 4) is 0 Å². The van der Waals surface area contributed by atoms with Gasteiger partial charge in [0.05, 0.1) is 6.54 Å². The van der Waals surface area contributed by atoms with Crippen LogP contribution in [0.1, 0.15) is 0 Å². The number of likely N-dealkylation sites (N-methyl/N-ethyl adjacent to an activating group) is 1. The number of aliphatic hydroxyl groups is 1. The first-order valence-corrected chi connectivity index (χ1v) is 3.15. The number of aliphatic hydroxyl groups excluding tert-OH is 1. The van der Waals surface area contributed by atoms with Crippen LogP contribution in [0.2, 0.25) is 0 Å². The molecule has 11 heavy (non-hydrogen) atoms. The van der Waals surface area contributed by atoms with Gasteiger partial charge in [0.25, 0.3) is 0 Å². The number of carbonyl (C=O) groups is 1. The van der Waals surface area contributed by atoms with Gasteiger partial charge in [-0.2, -0.15) is 0 Å². The Hall–Kier alpha value is -1.45. The largest absolute Gasteiger partial charge is 0.510 e. The van der Waals surface area contributed by atoms with Gasteiger partial charge in [0.1, 0.15) is 11.3 Å². The molecule has 0 amide bonds. The van der Waals surface area contributed by atoms with Crippen LogP contribution in [0.15, 0.2) is 23.6 Å². The number of aliphatic carboxylic acids is 1. The van der Waals surface area contributed by atoms with Gasteiger partial charge in [-0.1, -0.05) is 0 Å². The fourth-order valence-corrected chi connectivity index (χ4v) is 0.867. The van der Waals surface area contributed by atoms with Crippen LogP contribution in [0.25, 0.3) is 0 Å². The van der Waals surface area contributed by atoms with Crippen molar-refractivity contribution in [2.45, 2.75) is 0 Å². The van der Waals surface area contributed by atoms with E-state index in [4.69, 9.17) is 10.2 Å². The molecule has 4 nitrogen and oxygen atoms in total. The van der Waals surface area contributed by atoms with Gasteiger partial charge in [-0.05, 0) is 6.08 Å². The second-order valence-electron chi connectivity index (χ2n) is 2.40. The first kappa shape index (κ1) is 7.65. The molecule has 0 radical (unpaired) electrons. The molecular weight excluding hydrogens is 146 g/mol. The third kappa shape index (κ3) is 1.52. The smallest absolute Gasteiger partial charge is 0.339 e. The summed E-state index contributed by atoms with van der Waals surface area (Å²) in [6.45, 7) is 0.262. The molecular formula is C7H9NO3. The number of rotatable bonds is 1. The maximum absolute atomic E-state index is 10.4. The van der Waals surface area contributed by atoms with E-state index in [9.17, 15) is 4.79 Å². The SMILES string of the molecule is CN1C=CC(C(=O)O)=C(O)C1. The van der Waals surface area contributed by atoms with Gasteiger partial charge >= 0.3 is 5.97 Å².